The van der Waals surface area contributed by atoms with Gasteiger partial charge in [-0.1, -0.05) is 23.7 Å². The summed E-state index contributed by atoms with van der Waals surface area (Å²) in [6, 6.07) is 15.5. The number of hydrogen-bond donors (Lipinski definition) is 2. The minimum Gasteiger partial charge on any atom is -0.493 e. The highest BCUT2D eigenvalue weighted by molar-refractivity contribution is 9.10. The van der Waals surface area contributed by atoms with Crippen molar-refractivity contribution in [3.05, 3.63) is 80.8 Å². The number of benzene rings is 3. The summed E-state index contributed by atoms with van der Waals surface area (Å²) in [7, 11) is 4.50. The smallest absolute Gasteiger partial charge is 0.259 e. The molecular weight excluding hydrogens is 566 g/mol. The van der Waals surface area contributed by atoms with Crippen molar-refractivity contribution in [2.75, 3.05) is 27.9 Å². The van der Waals surface area contributed by atoms with Crippen LogP contribution in [0.25, 0.3) is 0 Å². The minimum absolute atomic E-state index is 0.269. The molecule has 0 aromatic heterocycles. The van der Waals surface area contributed by atoms with Crippen LogP contribution in [0.2, 0.25) is 5.02 Å². The van der Waals surface area contributed by atoms with E-state index in [-0.39, 0.29) is 6.54 Å². The van der Waals surface area contributed by atoms with Crippen LogP contribution >= 0.6 is 27.5 Å². The van der Waals surface area contributed by atoms with Gasteiger partial charge in [0.25, 0.3) is 11.8 Å². The third-order valence-electron chi connectivity index (χ3n) is 5.01. The number of amides is 2. The number of carbonyl (C=O) groups is 2. The van der Waals surface area contributed by atoms with Gasteiger partial charge in [0.2, 0.25) is 0 Å². The molecule has 0 atom stereocenters. The Morgan fingerprint density at radius 1 is 0.946 bits per heavy atom. The van der Waals surface area contributed by atoms with Crippen molar-refractivity contribution >= 4 is 45.6 Å². The number of rotatable bonds is 11. The molecule has 0 unspecified atom stereocenters. The topological polar surface area (TPSA) is 107 Å². The number of nitrogens with zero attached hydrogens (tertiary/aromatic N) is 1. The van der Waals surface area contributed by atoms with Gasteiger partial charge in [-0.3, -0.25) is 9.59 Å². The third kappa shape index (κ3) is 7.86. The predicted molar refractivity (Wildman–Crippen MR) is 144 cm³/mol. The molecule has 0 fully saturated rings. The fraction of sp³-hybridized carbons (Fsp3) is 0.192. The van der Waals surface area contributed by atoms with Crippen LogP contribution in [0, 0.1) is 0 Å². The quantitative estimate of drug-likeness (QED) is 0.250. The van der Waals surface area contributed by atoms with Crippen LogP contribution in [0.15, 0.2) is 64.2 Å². The lowest BCUT2D eigenvalue weighted by molar-refractivity contribution is -0.120. The maximum Gasteiger partial charge on any atom is 0.259 e. The molecule has 0 aliphatic carbocycles. The van der Waals surface area contributed by atoms with Gasteiger partial charge >= 0.3 is 0 Å². The molecule has 3 aromatic carbocycles. The Hall–Kier alpha value is -3.76. The average Bonchev–Trinajstić information content (AvgIpc) is 2.91. The maximum absolute atomic E-state index is 12.3. The van der Waals surface area contributed by atoms with Gasteiger partial charge < -0.3 is 24.3 Å². The zero-order valence-electron chi connectivity index (χ0n) is 20.3. The first-order chi connectivity index (χ1) is 17.8. The van der Waals surface area contributed by atoms with E-state index in [1.807, 2.05) is 12.1 Å². The molecular formula is C26H25BrClN3O6. The van der Waals surface area contributed by atoms with E-state index < -0.39 is 11.8 Å². The summed E-state index contributed by atoms with van der Waals surface area (Å²) in [6.45, 7) is 0.0552. The van der Waals surface area contributed by atoms with E-state index in [1.165, 1.54) is 33.6 Å². The van der Waals surface area contributed by atoms with Crippen molar-refractivity contribution in [3.63, 3.8) is 0 Å². The van der Waals surface area contributed by atoms with Crippen molar-refractivity contribution < 1.29 is 28.5 Å². The second-order valence-electron chi connectivity index (χ2n) is 7.49. The van der Waals surface area contributed by atoms with E-state index >= 15 is 0 Å². The number of methoxy groups -OCH3 is 3. The minimum atomic E-state index is -0.501. The Kier molecular flexibility index (Phi) is 10.2. The molecule has 9 nitrogen and oxygen atoms in total. The van der Waals surface area contributed by atoms with Crippen molar-refractivity contribution in [2.24, 2.45) is 5.10 Å². The lowest BCUT2D eigenvalue weighted by atomic mass is 10.2. The van der Waals surface area contributed by atoms with E-state index in [9.17, 15) is 9.59 Å². The SMILES string of the molecule is COc1ccc(C(=O)NCC(=O)N/N=C/c2cc(Br)c(OCc3ccc(Cl)cc3)c(OC)c2)cc1OC. The zero-order valence-corrected chi connectivity index (χ0v) is 22.7. The van der Waals surface area contributed by atoms with Crippen molar-refractivity contribution in [2.45, 2.75) is 6.61 Å². The second kappa shape index (κ2) is 13.5. The first kappa shape index (κ1) is 27.8. The predicted octanol–water partition coefficient (Wildman–Crippen LogP) is 4.59. The number of nitrogens with one attached hydrogen (secondary N) is 2. The first-order valence-electron chi connectivity index (χ1n) is 10.9. The molecule has 11 heteroatoms. The number of ether oxygens (including phenoxy) is 4. The number of hydrazone groups is 1. The van der Waals surface area contributed by atoms with E-state index in [0.29, 0.717) is 50.2 Å². The van der Waals surface area contributed by atoms with E-state index in [0.717, 1.165) is 5.56 Å². The van der Waals surface area contributed by atoms with Crippen LogP contribution in [0.4, 0.5) is 0 Å². The molecule has 0 saturated carbocycles. The molecule has 0 heterocycles. The van der Waals surface area contributed by atoms with Crippen LogP contribution in [-0.2, 0) is 11.4 Å². The Morgan fingerprint density at radius 3 is 2.32 bits per heavy atom. The summed E-state index contributed by atoms with van der Waals surface area (Å²) in [6.07, 6.45) is 1.45. The lowest BCUT2D eigenvalue weighted by Gasteiger charge is -2.13. The van der Waals surface area contributed by atoms with Crippen LogP contribution in [0.1, 0.15) is 21.5 Å². The number of carbonyl (C=O) groups excluding carboxylic acids is 2. The monoisotopic (exact) mass is 589 g/mol. The van der Waals surface area contributed by atoms with E-state index in [1.54, 1.807) is 36.4 Å². The number of hydrogen-bond acceptors (Lipinski definition) is 7. The van der Waals surface area contributed by atoms with E-state index in [4.69, 9.17) is 30.5 Å². The fourth-order valence-corrected chi connectivity index (χ4v) is 3.85. The fourth-order valence-electron chi connectivity index (χ4n) is 3.15. The van der Waals surface area contributed by atoms with Gasteiger partial charge in [-0.15, -0.1) is 0 Å². The first-order valence-corrected chi connectivity index (χ1v) is 12.1. The molecule has 2 amide bonds. The molecule has 194 valence electrons. The second-order valence-corrected chi connectivity index (χ2v) is 8.79. The normalized spacial score (nSPS) is 10.6. The van der Waals surface area contributed by atoms with Crippen molar-refractivity contribution in [1.82, 2.24) is 10.7 Å². The van der Waals surface area contributed by atoms with E-state index in [2.05, 4.69) is 31.8 Å². The van der Waals surface area contributed by atoms with Gasteiger partial charge in [-0.2, -0.15) is 5.10 Å². The Labute approximate surface area is 227 Å². The molecule has 0 bridgehead atoms. The Morgan fingerprint density at radius 2 is 1.65 bits per heavy atom. The molecule has 2 N–H and O–H groups in total. The molecule has 0 aliphatic rings. The summed E-state index contributed by atoms with van der Waals surface area (Å²) in [4.78, 5) is 24.5. The summed E-state index contributed by atoms with van der Waals surface area (Å²) in [5, 5.41) is 7.13. The van der Waals surface area contributed by atoms with Gasteiger partial charge in [-0.25, -0.2) is 5.43 Å². The van der Waals surface area contributed by atoms with Crippen molar-refractivity contribution in [1.29, 1.82) is 0 Å². The zero-order chi connectivity index (χ0) is 26.8. The van der Waals surface area contributed by atoms with Crippen LogP contribution in [0.5, 0.6) is 23.0 Å². The Balaban J connectivity index is 1.55. The maximum atomic E-state index is 12.3. The summed E-state index contributed by atoms with van der Waals surface area (Å²) in [5.41, 5.74) is 4.30. The van der Waals surface area contributed by atoms with Crippen molar-refractivity contribution in [3.8, 4) is 23.0 Å². The van der Waals surface area contributed by atoms with Gasteiger partial charge in [0.15, 0.2) is 23.0 Å². The number of halogens is 2. The van der Waals surface area contributed by atoms with Gasteiger partial charge in [-0.05, 0) is 69.5 Å². The van der Waals surface area contributed by atoms with Crippen LogP contribution in [-0.4, -0.2) is 45.9 Å². The molecule has 37 heavy (non-hydrogen) atoms. The standard InChI is InChI=1S/C26H25BrClN3O6/c1-34-21-9-6-18(12-22(21)35-2)26(33)29-14-24(32)31-30-13-17-10-20(27)25(23(11-17)36-3)37-15-16-4-7-19(28)8-5-16/h4-13H,14-15H2,1-3H3,(H,29,33)(H,31,32)/b30-13+. The molecule has 3 rings (SSSR count). The highest BCUT2D eigenvalue weighted by atomic mass is 79.9. The molecule has 0 radical (unpaired) electrons. The summed E-state index contributed by atoms with van der Waals surface area (Å²) in [5.74, 6) is 0.972. The van der Waals surface area contributed by atoms with Crippen LogP contribution < -0.4 is 29.7 Å². The van der Waals surface area contributed by atoms with Gasteiger partial charge in [0.1, 0.15) is 6.61 Å². The van der Waals surface area contributed by atoms with Crippen LogP contribution in [0.3, 0.4) is 0 Å². The Bertz CT molecular complexity index is 1280. The van der Waals surface area contributed by atoms with Gasteiger partial charge in [0, 0.05) is 10.6 Å². The lowest BCUT2D eigenvalue weighted by Crippen LogP contribution is -2.34. The van der Waals surface area contributed by atoms with Gasteiger partial charge in [0.05, 0.1) is 38.6 Å². The molecule has 0 spiro atoms. The average molecular weight is 591 g/mol. The molecule has 0 saturated heterocycles. The largest absolute Gasteiger partial charge is 0.493 e. The molecule has 3 aromatic rings. The highest BCUT2D eigenvalue weighted by Gasteiger charge is 2.13. The summed E-state index contributed by atoms with van der Waals surface area (Å²) < 4.78 is 22.4. The highest BCUT2D eigenvalue weighted by Crippen LogP contribution is 2.37. The third-order valence-corrected chi connectivity index (χ3v) is 5.85. The summed E-state index contributed by atoms with van der Waals surface area (Å²) >= 11 is 9.41. The molecule has 0 aliphatic heterocycles.